The zero-order chi connectivity index (χ0) is 13.8. The van der Waals surface area contributed by atoms with Crippen molar-refractivity contribution in [3.8, 4) is 0 Å². The Morgan fingerprint density at radius 1 is 1.05 bits per heavy atom. The lowest BCUT2D eigenvalue weighted by atomic mass is 9.96. The number of rotatable bonds is 4. The van der Waals surface area contributed by atoms with Crippen molar-refractivity contribution < 1.29 is 4.39 Å². The van der Waals surface area contributed by atoms with E-state index < -0.39 is 0 Å². The highest BCUT2D eigenvalue weighted by atomic mass is 35.5. The van der Waals surface area contributed by atoms with E-state index in [2.05, 4.69) is 19.2 Å². The van der Waals surface area contributed by atoms with Crippen LogP contribution in [0.1, 0.15) is 25.5 Å². The van der Waals surface area contributed by atoms with E-state index >= 15 is 0 Å². The van der Waals surface area contributed by atoms with Gasteiger partial charge in [0.1, 0.15) is 5.82 Å². The number of nitrogens with one attached hydrogen (secondary N) is 1. The van der Waals surface area contributed by atoms with Gasteiger partial charge in [0.25, 0.3) is 0 Å². The Morgan fingerprint density at radius 3 is 2.32 bits per heavy atom. The van der Waals surface area contributed by atoms with Gasteiger partial charge in [-0.1, -0.05) is 55.8 Å². The van der Waals surface area contributed by atoms with Gasteiger partial charge in [-0.3, -0.25) is 0 Å². The van der Waals surface area contributed by atoms with Gasteiger partial charge < -0.3 is 5.32 Å². The van der Waals surface area contributed by atoms with Crippen LogP contribution in [0.3, 0.4) is 0 Å². The summed E-state index contributed by atoms with van der Waals surface area (Å²) in [6.07, 6.45) is 0. The smallest absolute Gasteiger partial charge is 0.147 e. The lowest BCUT2D eigenvalue weighted by molar-refractivity contribution is 0.540. The van der Waals surface area contributed by atoms with Crippen LogP contribution in [0.2, 0.25) is 5.02 Å². The fourth-order valence-corrected chi connectivity index (χ4v) is 2.23. The van der Waals surface area contributed by atoms with E-state index in [4.69, 9.17) is 11.6 Å². The number of benzene rings is 2. The summed E-state index contributed by atoms with van der Waals surface area (Å²) in [5.74, 6) is 0.0200. The first-order chi connectivity index (χ1) is 9.08. The highest BCUT2D eigenvalue weighted by Crippen LogP contribution is 2.28. The van der Waals surface area contributed by atoms with Crippen LogP contribution in [0.4, 0.5) is 10.1 Å². The first-order valence-corrected chi connectivity index (χ1v) is 6.72. The van der Waals surface area contributed by atoms with Crippen molar-refractivity contribution in [1.29, 1.82) is 0 Å². The average molecular weight is 278 g/mol. The number of hydrogen-bond donors (Lipinski definition) is 1. The van der Waals surface area contributed by atoms with Crippen molar-refractivity contribution in [2.45, 2.75) is 19.9 Å². The largest absolute Gasteiger partial charge is 0.376 e. The SMILES string of the molecule is CC(C)C(Nc1ccc(Cl)cc1F)c1ccccc1. The fourth-order valence-electron chi connectivity index (χ4n) is 2.07. The summed E-state index contributed by atoms with van der Waals surface area (Å²) in [6, 6.07) is 14.8. The second-order valence-electron chi connectivity index (χ2n) is 4.90. The molecule has 3 heteroatoms. The third-order valence-corrected chi connectivity index (χ3v) is 3.30. The average Bonchev–Trinajstić information content (AvgIpc) is 2.38. The molecule has 0 bridgehead atoms. The van der Waals surface area contributed by atoms with Gasteiger partial charge in [0.15, 0.2) is 0 Å². The van der Waals surface area contributed by atoms with Crippen LogP contribution in [-0.2, 0) is 0 Å². The summed E-state index contributed by atoms with van der Waals surface area (Å²) in [6.45, 7) is 4.22. The van der Waals surface area contributed by atoms with Gasteiger partial charge in [-0.25, -0.2) is 4.39 Å². The Labute approximate surface area is 118 Å². The molecule has 0 spiro atoms. The lowest BCUT2D eigenvalue weighted by Crippen LogP contribution is -2.17. The molecule has 2 rings (SSSR count). The Bertz CT molecular complexity index is 540. The van der Waals surface area contributed by atoms with Crippen LogP contribution in [0.25, 0.3) is 0 Å². The molecular formula is C16H17ClFN. The van der Waals surface area contributed by atoms with E-state index in [-0.39, 0.29) is 11.9 Å². The van der Waals surface area contributed by atoms with Gasteiger partial charge in [0.05, 0.1) is 11.7 Å². The fraction of sp³-hybridized carbons (Fsp3) is 0.250. The molecule has 0 aromatic heterocycles. The van der Waals surface area contributed by atoms with Crippen LogP contribution in [0.15, 0.2) is 48.5 Å². The van der Waals surface area contributed by atoms with E-state index in [0.717, 1.165) is 5.56 Å². The monoisotopic (exact) mass is 277 g/mol. The molecule has 1 atom stereocenters. The van der Waals surface area contributed by atoms with E-state index in [0.29, 0.717) is 16.6 Å². The van der Waals surface area contributed by atoms with Gasteiger partial charge in [0.2, 0.25) is 0 Å². The molecule has 2 aromatic rings. The summed E-state index contributed by atoms with van der Waals surface area (Å²) >= 11 is 5.77. The third kappa shape index (κ3) is 3.48. The molecule has 2 aromatic carbocycles. The van der Waals surface area contributed by atoms with Crippen molar-refractivity contribution in [3.63, 3.8) is 0 Å². The minimum absolute atomic E-state index is 0.0666. The minimum atomic E-state index is -0.325. The molecule has 0 aliphatic rings. The van der Waals surface area contributed by atoms with Gasteiger partial charge in [-0.15, -0.1) is 0 Å². The van der Waals surface area contributed by atoms with Crippen LogP contribution in [-0.4, -0.2) is 0 Å². The normalized spacial score (nSPS) is 12.5. The molecule has 100 valence electrons. The Balaban J connectivity index is 2.27. The zero-order valence-corrected chi connectivity index (χ0v) is 11.8. The maximum atomic E-state index is 13.8. The first-order valence-electron chi connectivity index (χ1n) is 6.34. The highest BCUT2D eigenvalue weighted by molar-refractivity contribution is 6.30. The molecule has 0 aliphatic carbocycles. The van der Waals surface area contributed by atoms with Crippen LogP contribution < -0.4 is 5.32 Å². The predicted molar refractivity (Wildman–Crippen MR) is 79.1 cm³/mol. The summed E-state index contributed by atoms with van der Waals surface area (Å²) in [4.78, 5) is 0. The Morgan fingerprint density at radius 2 is 1.74 bits per heavy atom. The molecule has 19 heavy (non-hydrogen) atoms. The van der Waals surface area contributed by atoms with Crippen molar-refractivity contribution in [3.05, 3.63) is 64.9 Å². The standard InChI is InChI=1S/C16H17ClFN/c1-11(2)16(12-6-4-3-5-7-12)19-15-9-8-13(17)10-14(15)18/h3-11,16,19H,1-2H3. The van der Waals surface area contributed by atoms with E-state index in [1.54, 1.807) is 12.1 Å². The van der Waals surface area contributed by atoms with Crippen molar-refractivity contribution in [2.75, 3.05) is 5.32 Å². The maximum absolute atomic E-state index is 13.8. The second kappa shape index (κ2) is 6.07. The number of hydrogen-bond acceptors (Lipinski definition) is 1. The molecule has 0 fully saturated rings. The maximum Gasteiger partial charge on any atom is 0.147 e. The molecule has 1 N–H and O–H groups in total. The molecule has 1 unspecified atom stereocenters. The number of halogens is 2. The topological polar surface area (TPSA) is 12.0 Å². The van der Waals surface area contributed by atoms with E-state index in [1.165, 1.54) is 6.07 Å². The third-order valence-electron chi connectivity index (χ3n) is 3.07. The molecule has 0 heterocycles. The van der Waals surface area contributed by atoms with Gasteiger partial charge in [-0.05, 0) is 29.7 Å². The second-order valence-corrected chi connectivity index (χ2v) is 5.34. The zero-order valence-electron chi connectivity index (χ0n) is 11.0. The first kappa shape index (κ1) is 13.9. The van der Waals surface area contributed by atoms with Gasteiger partial charge in [-0.2, -0.15) is 0 Å². The minimum Gasteiger partial charge on any atom is -0.376 e. The summed E-state index contributed by atoms with van der Waals surface area (Å²) in [5.41, 5.74) is 1.62. The molecule has 0 radical (unpaired) electrons. The summed E-state index contributed by atoms with van der Waals surface area (Å²) in [5, 5.41) is 3.66. The van der Waals surface area contributed by atoms with Crippen LogP contribution >= 0.6 is 11.6 Å². The quantitative estimate of drug-likeness (QED) is 0.801. The van der Waals surface area contributed by atoms with E-state index in [9.17, 15) is 4.39 Å². The van der Waals surface area contributed by atoms with Crippen LogP contribution in [0.5, 0.6) is 0 Å². The summed E-state index contributed by atoms with van der Waals surface area (Å²) < 4.78 is 13.8. The Hall–Kier alpha value is -1.54. The molecule has 0 saturated carbocycles. The summed E-state index contributed by atoms with van der Waals surface area (Å²) in [7, 11) is 0. The van der Waals surface area contributed by atoms with Crippen molar-refractivity contribution in [2.24, 2.45) is 5.92 Å². The van der Waals surface area contributed by atoms with Crippen molar-refractivity contribution in [1.82, 2.24) is 0 Å². The molecule has 0 saturated heterocycles. The van der Waals surface area contributed by atoms with Gasteiger partial charge >= 0.3 is 0 Å². The van der Waals surface area contributed by atoms with Crippen LogP contribution in [0, 0.1) is 11.7 Å². The molecule has 0 aliphatic heterocycles. The predicted octanol–water partition coefficient (Wildman–Crippen LogP) is 5.29. The number of anilines is 1. The lowest BCUT2D eigenvalue weighted by Gasteiger charge is -2.24. The highest BCUT2D eigenvalue weighted by Gasteiger charge is 2.16. The Kier molecular flexibility index (Phi) is 4.43. The molecule has 1 nitrogen and oxygen atoms in total. The molecule has 0 amide bonds. The van der Waals surface area contributed by atoms with E-state index in [1.807, 2.05) is 30.3 Å². The van der Waals surface area contributed by atoms with Gasteiger partial charge in [0, 0.05) is 5.02 Å². The van der Waals surface area contributed by atoms with Crippen molar-refractivity contribution >= 4 is 17.3 Å². The molecular weight excluding hydrogens is 261 g/mol.